The third-order valence-corrected chi connectivity index (χ3v) is 9.38. The molecule has 0 saturated heterocycles. The first-order valence-corrected chi connectivity index (χ1v) is 14.9. The van der Waals surface area contributed by atoms with Gasteiger partial charge in [-0.1, -0.05) is 35.9 Å². The molecule has 3 rings (SSSR count). The molecular weight excluding hydrogens is 522 g/mol. The molecule has 188 valence electrons. The Kier molecular flexibility index (Phi) is 7.33. The lowest BCUT2D eigenvalue weighted by atomic mass is 10.0. The van der Waals surface area contributed by atoms with Gasteiger partial charge < -0.3 is 15.6 Å². The van der Waals surface area contributed by atoms with Crippen LogP contribution in [0.3, 0.4) is 0 Å². The number of nitrogen functional groups attached to an aromatic ring is 1. The average molecular weight is 546 g/mol. The van der Waals surface area contributed by atoms with Crippen LogP contribution in [0.4, 0.5) is 30.4 Å². The summed E-state index contributed by atoms with van der Waals surface area (Å²) in [5.41, 5.74) is 4.28. The van der Waals surface area contributed by atoms with Gasteiger partial charge in [-0.2, -0.15) is 13.2 Å². The number of pyridine rings is 1. The maximum Gasteiger partial charge on any atom is 0.419 e. The zero-order valence-electron chi connectivity index (χ0n) is 19.3. The Morgan fingerprint density at radius 3 is 2.29 bits per heavy atom. The van der Waals surface area contributed by atoms with E-state index in [2.05, 4.69) is 10.3 Å². The fraction of sp³-hybridized carbons (Fsp3) is 0.261. The number of alkyl halides is 3. The first-order chi connectivity index (χ1) is 16.0. The van der Waals surface area contributed by atoms with Crippen molar-refractivity contribution in [2.45, 2.75) is 30.2 Å². The lowest BCUT2D eigenvalue weighted by molar-refractivity contribution is -0.137. The van der Waals surface area contributed by atoms with Gasteiger partial charge in [-0.3, -0.25) is 0 Å². The average Bonchev–Trinajstić information content (AvgIpc) is 2.73. The van der Waals surface area contributed by atoms with E-state index < -0.39 is 39.7 Å². The number of aromatic nitrogens is 1. The van der Waals surface area contributed by atoms with Gasteiger partial charge in [0.1, 0.15) is 13.0 Å². The molecule has 0 atom stereocenters. The van der Waals surface area contributed by atoms with E-state index in [0.717, 1.165) is 0 Å². The van der Waals surface area contributed by atoms with Gasteiger partial charge >= 0.3 is 6.18 Å². The Hall–Kier alpha value is -2.55. The molecule has 1 aromatic heterocycles. The molecule has 0 amide bonds. The van der Waals surface area contributed by atoms with Crippen LogP contribution in [0.1, 0.15) is 19.4 Å². The van der Waals surface area contributed by atoms with E-state index in [-0.39, 0.29) is 32.6 Å². The van der Waals surface area contributed by atoms with Crippen LogP contribution in [0.5, 0.6) is 0 Å². The van der Waals surface area contributed by atoms with E-state index in [1.807, 2.05) is 0 Å². The van der Waals surface area contributed by atoms with Crippen LogP contribution < -0.4 is 16.4 Å². The molecule has 0 aliphatic heterocycles. The SMILES string of the molecule is CC(C)S(=O)(=O)c1ccccc1Nc1c(C(F)(F)F)cnc(N)c1-c1ccc(P(C)(C)=O)cc1Cl. The van der Waals surface area contributed by atoms with Gasteiger partial charge in [0.05, 0.1) is 27.1 Å². The Balaban J connectivity index is 2.34. The molecule has 0 radical (unpaired) electrons. The standard InChI is InChI=1S/C23H24ClF3N3O3PS/c1-13(2)35(32,33)19-8-6-5-7-18(19)30-21-16(23(25,26)27)12-29-22(28)20(21)15-10-9-14(11-17(15)24)34(3,4)31/h5-13H,1-4H3,(H3,28,29,30). The molecule has 3 aromatic rings. The van der Waals surface area contributed by atoms with Crippen LogP contribution in [-0.4, -0.2) is 32.0 Å². The predicted octanol–water partition coefficient (Wildman–Crippen LogP) is 6.18. The molecule has 12 heteroatoms. The normalized spacial score (nSPS) is 12.7. The van der Waals surface area contributed by atoms with Crippen molar-refractivity contribution in [3.63, 3.8) is 0 Å². The number of hydrogen-bond acceptors (Lipinski definition) is 6. The summed E-state index contributed by atoms with van der Waals surface area (Å²) in [5.74, 6) is -0.254. The number of nitrogens with zero attached hydrogens (tertiary/aromatic N) is 1. The Bertz CT molecular complexity index is 1440. The van der Waals surface area contributed by atoms with E-state index in [1.165, 1.54) is 69.6 Å². The second kappa shape index (κ2) is 9.48. The summed E-state index contributed by atoms with van der Waals surface area (Å²) < 4.78 is 80.4. The molecule has 0 bridgehead atoms. The van der Waals surface area contributed by atoms with E-state index in [9.17, 15) is 26.2 Å². The number of benzene rings is 2. The van der Waals surface area contributed by atoms with E-state index >= 15 is 0 Å². The fourth-order valence-corrected chi connectivity index (χ4v) is 5.82. The quantitative estimate of drug-likeness (QED) is 0.359. The minimum Gasteiger partial charge on any atom is -0.383 e. The maximum atomic E-state index is 14.1. The summed E-state index contributed by atoms with van der Waals surface area (Å²) >= 11 is 6.42. The van der Waals surface area contributed by atoms with Crippen LogP contribution in [0.25, 0.3) is 11.1 Å². The van der Waals surface area contributed by atoms with Crippen molar-refractivity contribution in [1.82, 2.24) is 4.98 Å². The van der Waals surface area contributed by atoms with Gasteiger partial charge in [-0.05, 0) is 45.4 Å². The zero-order valence-corrected chi connectivity index (χ0v) is 21.8. The van der Waals surface area contributed by atoms with Gasteiger partial charge in [0.25, 0.3) is 0 Å². The summed E-state index contributed by atoms with van der Waals surface area (Å²) in [7, 11) is -6.54. The van der Waals surface area contributed by atoms with Crippen LogP contribution in [0.15, 0.2) is 53.6 Å². The molecule has 2 aromatic carbocycles. The summed E-state index contributed by atoms with van der Waals surface area (Å²) in [6.07, 6.45) is -4.27. The largest absolute Gasteiger partial charge is 0.419 e. The molecular formula is C23H24ClF3N3O3PS. The topological polar surface area (TPSA) is 102 Å². The molecule has 1 heterocycles. The van der Waals surface area contributed by atoms with E-state index in [0.29, 0.717) is 11.5 Å². The van der Waals surface area contributed by atoms with Crippen molar-refractivity contribution < 1.29 is 26.2 Å². The molecule has 35 heavy (non-hydrogen) atoms. The number of nitrogens with two attached hydrogens (primary N) is 1. The molecule has 0 unspecified atom stereocenters. The maximum absolute atomic E-state index is 14.1. The van der Waals surface area contributed by atoms with Crippen molar-refractivity contribution in [3.05, 3.63) is 59.2 Å². The number of anilines is 3. The number of rotatable bonds is 6. The van der Waals surface area contributed by atoms with Crippen molar-refractivity contribution >= 4 is 51.1 Å². The Morgan fingerprint density at radius 2 is 1.74 bits per heavy atom. The first kappa shape index (κ1) is 27.0. The fourth-order valence-electron chi connectivity index (χ4n) is 3.39. The number of para-hydroxylation sites is 1. The van der Waals surface area contributed by atoms with E-state index in [4.69, 9.17) is 17.3 Å². The molecule has 0 aliphatic rings. The molecule has 0 fully saturated rings. The molecule has 0 aliphatic carbocycles. The van der Waals surface area contributed by atoms with Gasteiger partial charge in [0.15, 0.2) is 9.84 Å². The molecule has 3 N–H and O–H groups in total. The third-order valence-electron chi connectivity index (χ3n) is 5.33. The summed E-state index contributed by atoms with van der Waals surface area (Å²) in [6.45, 7) is 6.03. The van der Waals surface area contributed by atoms with Crippen molar-refractivity contribution in [1.29, 1.82) is 0 Å². The zero-order chi connectivity index (χ0) is 26.3. The summed E-state index contributed by atoms with van der Waals surface area (Å²) in [6, 6.07) is 10.0. The van der Waals surface area contributed by atoms with Crippen LogP contribution in [0.2, 0.25) is 5.02 Å². The monoisotopic (exact) mass is 545 g/mol. The van der Waals surface area contributed by atoms with Crippen LogP contribution >= 0.6 is 18.7 Å². The van der Waals surface area contributed by atoms with Gasteiger partial charge in [0.2, 0.25) is 0 Å². The highest BCUT2D eigenvalue weighted by atomic mass is 35.5. The minimum atomic E-state index is -4.85. The second-order valence-corrected chi connectivity index (χ2v) is 14.6. The van der Waals surface area contributed by atoms with Crippen molar-refractivity contribution in [2.24, 2.45) is 0 Å². The lowest BCUT2D eigenvalue weighted by Gasteiger charge is -2.22. The summed E-state index contributed by atoms with van der Waals surface area (Å²) in [5, 5.41) is 2.30. The number of hydrogen-bond donors (Lipinski definition) is 2. The molecule has 0 spiro atoms. The number of halogens is 4. The number of nitrogens with one attached hydrogen (secondary N) is 1. The highest BCUT2D eigenvalue weighted by molar-refractivity contribution is 7.92. The van der Waals surface area contributed by atoms with Gasteiger partial charge in [-0.25, -0.2) is 13.4 Å². The molecule has 0 saturated carbocycles. The third kappa shape index (κ3) is 5.50. The van der Waals surface area contributed by atoms with Crippen molar-refractivity contribution in [3.8, 4) is 11.1 Å². The highest BCUT2D eigenvalue weighted by Gasteiger charge is 2.37. The van der Waals surface area contributed by atoms with Gasteiger partial charge in [-0.15, -0.1) is 0 Å². The lowest BCUT2D eigenvalue weighted by Crippen LogP contribution is -2.17. The van der Waals surface area contributed by atoms with Gasteiger partial charge in [0, 0.05) is 27.7 Å². The highest BCUT2D eigenvalue weighted by Crippen LogP contribution is 2.46. The Morgan fingerprint density at radius 1 is 1.11 bits per heavy atom. The first-order valence-electron chi connectivity index (χ1n) is 10.4. The number of sulfone groups is 1. The van der Waals surface area contributed by atoms with E-state index in [1.54, 1.807) is 0 Å². The van der Waals surface area contributed by atoms with Crippen LogP contribution in [-0.2, 0) is 20.6 Å². The second-order valence-electron chi connectivity index (χ2n) is 8.53. The minimum absolute atomic E-state index is 0.0189. The van der Waals surface area contributed by atoms with Crippen molar-refractivity contribution in [2.75, 3.05) is 24.4 Å². The summed E-state index contributed by atoms with van der Waals surface area (Å²) in [4.78, 5) is 3.56. The molecule has 6 nitrogen and oxygen atoms in total. The van der Waals surface area contributed by atoms with Crippen LogP contribution in [0, 0.1) is 0 Å². The smallest absolute Gasteiger partial charge is 0.383 e. The predicted molar refractivity (Wildman–Crippen MR) is 135 cm³/mol. The Labute approximate surface area is 207 Å².